The Hall–Kier alpha value is -3.59. The van der Waals surface area contributed by atoms with Gasteiger partial charge in [0.2, 0.25) is 0 Å². The number of benzene rings is 3. The minimum Gasteiger partial charge on any atom is -0.460 e. The molecule has 170 valence electrons. The summed E-state index contributed by atoms with van der Waals surface area (Å²) in [6.45, 7) is 11.2. The summed E-state index contributed by atoms with van der Waals surface area (Å²) in [6.07, 6.45) is 4.75. The quantitative estimate of drug-likeness (QED) is 0.272. The van der Waals surface area contributed by atoms with E-state index < -0.39 is 0 Å². The van der Waals surface area contributed by atoms with E-state index in [9.17, 15) is 0 Å². The van der Waals surface area contributed by atoms with Gasteiger partial charge in [-0.1, -0.05) is 58.9 Å². The van der Waals surface area contributed by atoms with Crippen LogP contribution in [0.15, 0.2) is 75.9 Å². The number of fused-ring (bicyclic) bond motifs is 6. The average molecular weight is 448 g/mol. The Balaban J connectivity index is 1.63. The van der Waals surface area contributed by atoms with Gasteiger partial charge in [-0.3, -0.25) is 4.98 Å². The second-order valence-corrected chi connectivity index (χ2v) is 10.8. The minimum absolute atomic E-state index is 0.00450. The highest BCUT2D eigenvalue weighted by Crippen LogP contribution is 2.41. The van der Waals surface area contributed by atoms with Crippen LogP contribution in [0.25, 0.3) is 54.9 Å². The summed E-state index contributed by atoms with van der Waals surface area (Å²) in [4.78, 5) is 4.80. The number of rotatable bonds is 3. The van der Waals surface area contributed by atoms with E-state index >= 15 is 0 Å². The molecule has 0 unspecified atom stereocenters. The molecule has 3 aromatic carbocycles. The van der Waals surface area contributed by atoms with Gasteiger partial charge in [0.1, 0.15) is 5.69 Å². The van der Waals surface area contributed by atoms with Crippen molar-refractivity contribution in [3.63, 3.8) is 0 Å². The second kappa shape index (κ2) is 7.46. The summed E-state index contributed by atoms with van der Waals surface area (Å²) < 4.78 is 12.6. The summed E-state index contributed by atoms with van der Waals surface area (Å²) in [5, 5.41) is 5.76. The molecule has 6 rings (SSSR count). The SMILES string of the molecule is CC(C)Cc1coc2c1ccc1c3ccnc(-c4cc(C(C)(C)C)c5ccccc5c4)c3oc12. The molecule has 0 saturated carbocycles. The molecule has 0 atom stereocenters. The smallest absolute Gasteiger partial charge is 0.178 e. The number of furan rings is 2. The molecule has 0 bridgehead atoms. The average Bonchev–Trinajstić information content (AvgIpc) is 3.38. The van der Waals surface area contributed by atoms with Gasteiger partial charge >= 0.3 is 0 Å². The Morgan fingerprint density at radius 1 is 0.824 bits per heavy atom. The van der Waals surface area contributed by atoms with E-state index in [1.807, 2.05) is 18.5 Å². The first kappa shape index (κ1) is 21.0. The zero-order chi connectivity index (χ0) is 23.6. The van der Waals surface area contributed by atoms with Gasteiger partial charge in [-0.15, -0.1) is 0 Å². The first-order chi connectivity index (χ1) is 16.3. The largest absolute Gasteiger partial charge is 0.460 e. The van der Waals surface area contributed by atoms with Crippen molar-refractivity contribution in [1.29, 1.82) is 0 Å². The van der Waals surface area contributed by atoms with Gasteiger partial charge in [-0.05, 0) is 70.0 Å². The lowest BCUT2D eigenvalue weighted by atomic mass is 9.82. The van der Waals surface area contributed by atoms with E-state index in [0.717, 1.165) is 50.6 Å². The van der Waals surface area contributed by atoms with Crippen LogP contribution < -0.4 is 0 Å². The summed E-state index contributed by atoms with van der Waals surface area (Å²) in [5.41, 5.74) is 6.92. The molecule has 0 fully saturated rings. The molecule has 0 radical (unpaired) electrons. The van der Waals surface area contributed by atoms with Gasteiger partial charge in [-0.25, -0.2) is 0 Å². The third kappa shape index (κ3) is 3.22. The Morgan fingerprint density at radius 2 is 1.59 bits per heavy atom. The first-order valence-corrected chi connectivity index (χ1v) is 12.0. The summed E-state index contributed by atoms with van der Waals surface area (Å²) in [7, 11) is 0. The Labute approximate surface area is 199 Å². The Morgan fingerprint density at radius 3 is 2.38 bits per heavy atom. The van der Waals surface area contributed by atoms with Crippen LogP contribution in [0.3, 0.4) is 0 Å². The van der Waals surface area contributed by atoms with Gasteiger partial charge in [0.05, 0.1) is 6.26 Å². The number of aromatic nitrogens is 1. The fraction of sp³-hybridized carbons (Fsp3) is 0.258. The maximum absolute atomic E-state index is 6.55. The Kier molecular flexibility index (Phi) is 4.60. The number of pyridine rings is 1. The molecule has 0 aliphatic carbocycles. The van der Waals surface area contributed by atoms with Crippen molar-refractivity contribution < 1.29 is 8.83 Å². The molecular weight excluding hydrogens is 418 g/mol. The van der Waals surface area contributed by atoms with Gasteiger partial charge in [0.25, 0.3) is 0 Å². The van der Waals surface area contributed by atoms with Crippen molar-refractivity contribution in [3.8, 4) is 11.3 Å². The maximum Gasteiger partial charge on any atom is 0.178 e. The lowest BCUT2D eigenvalue weighted by Gasteiger charge is -2.22. The van der Waals surface area contributed by atoms with Crippen LogP contribution in [-0.2, 0) is 11.8 Å². The minimum atomic E-state index is 0.00450. The van der Waals surface area contributed by atoms with Crippen LogP contribution in [0.5, 0.6) is 0 Å². The van der Waals surface area contributed by atoms with Crippen molar-refractivity contribution in [2.75, 3.05) is 0 Å². The van der Waals surface area contributed by atoms with Crippen molar-refractivity contribution in [2.45, 2.75) is 46.5 Å². The van der Waals surface area contributed by atoms with Crippen LogP contribution in [-0.4, -0.2) is 4.98 Å². The molecule has 0 aliphatic heterocycles. The van der Waals surface area contributed by atoms with E-state index in [-0.39, 0.29) is 5.41 Å². The third-order valence-electron chi connectivity index (χ3n) is 6.75. The number of nitrogens with zero attached hydrogens (tertiary/aromatic N) is 1. The maximum atomic E-state index is 6.55. The topological polar surface area (TPSA) is 39.2 Å². The monoisotopic (exact) mass is 447 g/mol. The van der Waals surface area contributed by atoms with Gasteiger partial charge in [-0.2, -0.15) is 0 Å². The number of hydrogen-bond donors (Lipinski definition) is 0. The summed E-state index contributed by atoms with van der Waals surface area (Å²) in [5.74, 6) is 0.563. The van der Waals surface area contributed by atoms with Crippen molar-refractivity contribution in [3.05, 3.63) is 78.2 Å². The molecule has 3 aromatic heterocycles. The lowest BCUT2D eigenvalue weighted by molar-refractivity contribution is 0.585. The predicted molar refractivity (Wildman–Crippen MR) is 141 cm³/mol. The third-order valence-corrected chi connectivity index (χ3v) is 6.75. The molecular formula is C31H29NO2. The molecule has 0 aliphatic rings. The highest BCUT2D eigenvalue weighted by Gasteiger charge is 2.22. The lowest BCUT2D eigenvalue weighted by Crippen LogP contribution is -2.12. The molecule has 3 heteroatoms. The molecule has 0 N–H and O–H groups in total. The number of hydrogen-bond acceptors (Lipinski definition) is 3. The van der Waals surface area contributed by atoms with E-state index in [1.165, 1.54) is 21.9 Å². The second-order valence-electron chi connectivity index (χ2n) is 10.8. The highest BCUT2D eigenvalue weighted by molar-refractivity contribution is 6.16. The summed E-state index contributed by atoms with van der Waals surface area (Å²) >= 11 is 0. The zero-order valence-corrected chi connectivity index (χ0v) is 20.4. The molecule has 0 saturated heterocycles. The van der Waals surface area contributed by atoms with Gasteiger partial charge < -0.3 is 8.83 Å². The molecule has 3 nitrogen and oxygen atoms in total. The molecule has 34 heavy (non-hydrogen) atoms. The van der Waals surface area contributed by atoms with Gasteiger partial charge in [0.15, 0.2) is 16.7 Å². The van der Waals surface area contributed by atoms with E-state index in [4.69, 9.17) is 13.8 Å². The molecule has 0 amide bonds. The molecule has 6 aromatic rings. The van der Waals surface area contributed by atoms with E-state index in [1.54, 1.807) is 0 Å². The van der Waals surface area contributed by atoms with Crippen LogP contribution in [0.2, 0.25) is 0 Å². The fourth-order valence-electron chi connectivity index (χ4n) is 5.18. The van der Waals surface area contributed by atoms with E-state index in [2.05, 4.69) is 83.1 Å². The van der Waals surface area contributed by atoms with Crippen molar-refractivity contribution >= 4 is 43.7 Å². The fourth-order valence-corrected chi connectivity index (χ4v) is 5.18. The normalized spacial score (nSPS) is 12.6. The van der Waals surface area contributed by atoms with Crippen molar-refractivity contribution in [1.82, 2.24) is 4.98 Å². The predicted octanol–water partition coefficient (Wildman–Crippen LogP) is 9.04. The van der Waals surface area contributed by atoms with Gasteiger partial charge in [0, 0.05) is 27.9 Å². The molecule has 0 spiro atoms. The summed E-state index contributed by atoms with van der Waals surface area (Å²) in [6, 6.07) is 19.5. The van der Waals surface area contributed by atoms with Crippen LogP contribution in [0.4, 0.5) is 0 Å². The van der Waals surface area contributed by atoms with Crippen molar-refractivity contribution in [2.24, 2.45) is 5.92 Å². The van der Waals surface area contributed by atoms with Crippen LogP contribution >= 0.6 is 0 Å². The van der Waals surface area contributed by atoms with E-state index in [0.29, 0.717) is 5.92 Å². The molecule has 3 heterocycles. The standard InChI is InChI=1S/C31H29NO2/c1-18(2)14-21-17-33-29-23(21)10-11-24-25-12-13-32-27(28(25)34-30(24)29)20-15-19-8-6-7-9-22(19)26(16-20)31(3,4)5/h6-13,15-18H,14H2,1-5H3. The van der Waals surface area contributed by atoms with Crippen LogP contribution in [0, 0.1) is 5.92 Å². The first-order valence-electron chi connectivity index (χ1n) is 12.0. The highest BCUT2D eigenvalue weighted by atomic mass is 16.4. The van der Waals surface area contributed by atoms with Crippen LogP contribution in [0.1, 0.15) is 45.7 Å². The zero-order valence-electron chi connectivity index (χ0n) is 20.4. The Bertz CT molecular complexity index is 1690.